The molecule has 1 aromatic carbocycles. The molecule has 2 saturated heterocycles. The number of halogens is 1. The number of rotatable bonds is 7. The summed E-state index contributed by atoms with van der Waals surface area (Å²) in [4.78, 5) is 24.1. The summed E-state index contributed by atoms with van der Waals surface area (Å²) in [6.07, 6.45) is 5.31. The molecule has 0 saturated carbocycles. The Labute approximate surface area is 160 Å². The van der Waals surface area contributed by atoms with Gasteiger partial charge in [-0.3, -0.25) is 9.59 Å². The van der Waals surface area contributed by atoms with Crippen molar-refractivity contribution in [2.45, 2.75) is 44.2 Å². The summed E-state index contributed by atoms with van der Waals surface area (Å²) in [5.41, 5.74) is 0.552. The molecule has 3 N–H and O–H groups in total. The van der Waals surface area contributed by atoms with Gasteiger partial charge in [0.1, 0.15) is 5.75 Å². The van der Waals surface area contributed by atoms with Gasteiger partial charge in [-0.1, -0.05) is 6.07 Å². The predicted octanol–water partition coefficient (Wildman–Crippen LogP) is 1.88. The molecular formula is C19H28ClN3O3. The van der Waals surface area contributed by atoms with E-state index in [1.165, 1.54) is 12.8 Å². The summed E-state index contributed by atoms with van der Waals surface area (Å²) in [6, 6.07) is 8.23. The standard InChI is InChI=1S/C19H27N3O3.ClH/c1-25-17-4-2-3-14(12-17)19(24)21-8-7-20-18(23)11-13-9-15-5-6-16(10-13)22-15;/h2-4,12-13,15-16,22H,5-11H2,1H3,(H,20,23)(H,21,24);1H. The third kappa shape index (κ3) is 5.61. The molecule has 2 atom stereocenters. The fourth-order valence-electron chi connectivity index (χ4n) is 3.92. The lowest BCUT2D eigenvalue weighted by atomic mass is 9.89. The maximum atomic E-state index is 12.1. The van der Waals surface area contributed by atoms with Crippen LogP contribution in [-0.2, 0) is 4.79 Å². The Hall–Kier alpha value is -1.79. The number of methoxy groups -OCH3 is 1. The second-order valence-electron chi connectivity index (χ2n) is 7.02. The average molecular weight is 382 g/mol. The Morgan fingerprint density at radius 3 is 2.54 bits per heavy atom. The molecule has 2 fully saturated rings. The largest absolute Gasteiger partial charge is 0.497 e. The van der Waals surface area contributed by atoms with Crippen molar-refractivity contribution in [1.82, 2.24) is 16.0 Å². The van der Waals surface area contributed by atoms with Crippen molar-refractivity contribution in [3.8, 4) is 5.75 Å². The van der Waals surface area contributed by atoms with Gasteiger partial charge in [0.15, 0.2) is 0 Å². The summed E-state index contributed by atoms with van der Waals surface area (Å²) in [5, 5.41) is 9.32. The van der Waals surface area contributed by atoms with E-state index in [1.807, 2.05) is 0 Å². The lowest BCUT2D eigenvalue weighted by molar-refractivity contribution is -0.122. The minimum Gasteiger partial charge on any atom is -0.497 e. The number of carbonyl (C=O) groups excluding carboxylic acids is 2. The van der Waals surface area contributed by atoms with E-state index in [0.29, 0.717) is 48.8 Å². The molecule has 2 aliphatic rings. The maximum Gasteiger partial charge on any atom is 0.251 e. The van der Waals surface area contributed by atoms with Crippen LogP contribution in [-0.4, -0.2) is 44.1 Å². The zero-order valence-electron chi connectivity index (χ0n) is 15.1. The molecule has 2 amide bonds. The highest BCUT2D eigenvalue weighted by atomic mass is 35.5. The number of benzene rings is 1. The minimum atomic E-state index is -0.164. The summed E-state index contributed by atoms with van der Waals surface area (Å²) in [6.45, 7) is 0.867. The van der Waals surface area contributed by atoms with Crippen molar-refractivity contribution in [1.29, 1.82) is 0 Å². The molecule has 2 heterocycles. The van der Waals surface area contributed by atoms with Crippen LogP contribution < -0.4 is 20.7 Å². The first kappa shape index (κ1) is 20.5. The number of ether oxygens (including phenoxy) is 1. The van der Waals surface area contributed by atoms with E-state index in [2.05, 4.69) is 16.0 Å². The van der Waals surface area contributed by atoms with Gasteiger partial charge in [0.25, 0.3) is 5.91 Å². The maximum absolute atomic E-state index is 12.1. The van der Waals surface area contributed by atoms with E-state index >= 15 is 0 Å². The number of nitrogens with one attached hydrogen (secondary N) is 3. The first-order valence-electron chi connectivity index (χ1n) is 9.09. The number of hydrogen-bond donors (Lipinski definition) is 3. The van der Waals surface area contributed by atoms with Crippen LogP contribution in [0.25, 0.3) is 0 Å². The van der Waals surface area contributed by atoms with Gasteiger partial charge in [-0.2, -0.15) is 0 Å². The molecule has 26 heavy (non-hydrogen) atoms. The van der Waals surface area contributed by atoms with Crippen LogP contribution in [0.15, 0.2) is 24.3 Å². The van der Waals surface area contributed by atoms with Crippen LogP contribution in [0.3, 0.4) is 0 Å². The number of carbonyl (C=O) groups is 2. The van der Waals surface area contributed by atoms with Gasteiger partial charge in [0, 0.05) is 37.2 Å². The van der Waals surface area contributed by atoms with E-state index in [1.54, 1.807) is 31.4 Å². The summed E-state index contributed by atoms with van der Waals surface area (Å²) >= 11 is 0. The molecule has 7 heteroatoms. The number of amides is 2. The van der Waals surface area contributed by atoms with Crippen LogP contribution >= 0.6 is 12.4 Å². The molecular weight excluding hydrogens is 354 g/mol. The summed E-state index contributed by atoms with van der Waals surface area (Å²) in [5.74, 6) is 1.06. The Balaban J connectivity index is 0.00000243. The van der Waals surface area contributed by atoms with Gasteiger partial charge in [0.2, 0.25) is 5.91 Å². The predicted molar refractivity (Wildman–Crippen MR) is 103 cm³/mol. The molecule has 0 radical (unpaired) electrons. The Morgan fingerprint density at radius 2 is 1.85 bits per heavy atom. The van der Waals surface area contributed by atoms with Crippen LogP contribution in [0.1, 0.15) is 42.5 Å². The van der Waals surface area contributed by atoms with Crippen LogP contribution in [0, 0.1) is 5.92 Å². The first-order valence-corrected chi connectivity index (χ1v) is 9.09. The zero-order valence-corrected chi connectivity index (χ0v) is 15.9. The van der Waals surface area contributed by atoms with E-state index in [-0.39, 0.29) is 24.2 Å². The van der Waals surface area contributed by atoms with Crippen molar-refractivity contribution >= 4 is 24.2 Å². The lowest BCUT2D eigenvalue weighted by Crippen LogP contribution is -2.40. The fourth-order valence-corrected chi connectivity index (χ4v) is 3.92. The highest BCUT2D eigenvalue weighted by Crippen LogP contribution is 2.32. The van der Waals surface area contributed by atoms with Crippen LogP contribution in [0.5, 0.6) is 5.75 Å². The van der Waals surface area contributed by atoms with Crippen molar-refractivity contribution in [2.75, 3.05) is 20.2 Å². The van der Waals surface area contributed by atoms with E-state index in [4.69, 9.17) is 4.74 Å². The van der Waals surface area contributed by atoms with Gasteiger partial charge >= 0.3 is 0 Å². The van der Waals surface area contributed by atoms with E-state index in [0.717, 1.165) is 12.8 Å². The van der Waals surface area contributed by atoms with Gasteiger partial charge in [-0.05, 0) is 49.8 Å². The molecule has 1 aromatic rings. The Kier molecular flexibility index (Phi) is 7.72. The molecule has 2 unspecified atom stereocenters. The third-order valence-electron chi connectivity index (χ3n) is 5.11. The van der Waals surface area contributed by atoms with Crippen LogP contribution in [0.4, 0.5) is 0 Å². The molecule has 3 rings (SSSR count). The second-order valence-corrected chi connectivity index (χ2v) is 7.02. The molecule has 0 spiro atoms. The van der Waals surface area contributed by atoms with Crippen molar-refractivity contribution in [3.05, 3.63) is 29.8 Å². The molecule has 0 aromatic heterocycles. The molecule has 6 nitrogen and oxygen atoms in total. The molecule has 144 valence electrons. The SMILES string of the molecule is COc1cccc(C(=O)NCCNC(=O)CC2CC3CCC(C2)N3)c1.Cl. The molecule has 2 bridgehead atoms. The van der Waals surface area contributed by atoms with E-state index < -0.39 is 0 Å². The van der Waals surface area contributed by atoms with Crippen LogP contribution in [0.2, 0.25) is 0 Å². The highest BCUT2D eigenvalue weighted by molar-refractivity contribution is 5.94. The normalized spacial score (nSPS) is 23.7. The lowest BCUT2D eigenvalue weighted by Gasteiger charge is -2.28. The zero-order chi connectivity index (χ0) is 17.6. The Bertz CT molecular complexity index is 614. The molecule has 0 aliphatic carbocycles. The number of piperidine rings is 1. The monoisotopic (exact) mass is 381 g/mol. The topological polar surface area (TPSA) is 79.5 Å². The third-order valence-corrected chi connectivity index (χ3v) is 5.11. The fraction of sp³-hybridized carbons (Fsp3) is 0.579. The van der Waals surface area contributed by atoms with Gasteiger partial charge in [0.05, 0.1) is 7.11 Å². The van der Waals surface area contributed by atoms with Crippen molar-refractivity contribution in [3.63, 3.8) is 0 Å². The van der Waals surface area contributed by atoms with Gasteiger partial charge < -0.3 is 20.7 Å². The molecule has 2 aliphatic heterocycles. The number of fused-ring (bicyclic) bond motifs is 2. The van der Waals surface area contributed by atoms with Gasteiger partial charge in [-0.15, -0.1) is 12.4 Å². The van der Waals surface area contributed by atoms with Gasteiger partial charge in [-0.25, -0.2) is 0 Å². The van der Waals surface area contributed by atoms with Crippen molar-refractivity contribution in [2.24, 2.45) is 5.92 Å². The highest BCUT2D eigenvalue weighted by Gasteiger charge is 2.34. The first-order chi connectivity index (χ1) is 12.1. The smallest absolute Gasteiger partial charge is 0.251 e. The number of hydrogen-bond acceptors (Lipinski definition) is 4. The second kappa shape index (κ2) is 9.78. The average Bonchev–Trinajstić information content (AvgIpc) is 2.97. The quantitative estimate of drug-likeness (QED) is 0.630. The van der Waals surface area contributed by atoms with Crippen molar-refractivity contribution < 1.29 is 14.3 Å². The summed E-state index contributed by atoms with van der Waals surface area (Å²) in [7, 11) is 1.57. The minimum absolute atomic E-state index is 0. The Morgan fingerprint density at radius 1 is 1.15 bits per heavy atom. The van der Waals surface area contributed by atoms with E-state index in [9.17, 15) is 9.59 Å². The summed E-state index contributed by atoms with van der Waals surface area (Å²) < 4.78 is 5.11.